The van der Waals surface area contributed by atoms with Gasteiger partial charge < -0.3 is 0 Å². The van der Waals surface area contributed by atoms with Crippen molar-refractivity contribution in [3.05, 3.63) is 54.6 Å². The van der Waals surface area contributed by atoms with E-state index in [9.17, 15) is 0 Å². The predicted octanol–water partition coefficient (Wildman–Crippen LogP) is 2.85. The molecule has 2 aromatic rings. The zero-order valence-corrected chi connectivity index (χ0v) is 12.3. The summed E-state index contributed by atoms with van der Waals surface area (Å²) in [6, 6.07) is 11.1. The molecule has 1 saturated heterocycles. The molecule has 1 atom stereocenters. The summed E-state index contributed by atoms with van der Waals surface area (Å²) >= 11 is 0. The Hall–Kier alpha value is -1.94. The lowest BCUT2D eigenvalue weighted by Gasteiger charge is -2.34. The van der Waals surface area contributed by atoms with Crippen LogP contribution in [0.4, 0.5) is 0 Å². The molecule has 1 aromatic carbocycles. The van der Waals surface area contributed by atoms with Crippen LogP contribution in [0.2, 0.25) is 0 Å². The number of hydrogen-bond acceptors (Lipinski definition) is 3. The van der Waals surface area contributed by atoms with Crippen LogP contribution >= 0.6 is 0 Å². The van der Waals surface area contributed by atoms with Gasteiger partial charge in [-0.15, -0.1) is 0 Å². The molecule has 2 heterocycles. The van der Waals surface area contributed by atoms with E-state index in [0.717, 1.165) is 13.1 Å². The van der Waals surface area contributed by atoms with Crippen LogP contribution in [0.15, 0.2) is 49.1 Å². The Labute approximate surface area is 126 Å². The van der Waals surface area contributed by atoms with E-state index in [1.54, 1.807) is 6.33 Å². The fraction of sp³-hybridized carbons (Fsp3) is 0.412. The van der Waals surface area contributed by atoms with Crippen molar-refractivity contribution in [2.75, 3.05) is 13.1 Å². The summed E-state index contributed by atoms with van der Waals surface area (Å²) in [5.41, 5.74) is 1.27. The molecule has 0 saturated carbocycles. The lowest BCUT2D eigenvalue weighted by molar-refractivity contribution is 0.145. The highest BCUT2D eigenvalue weighted by Gasteiger charge is 2.21. The molecule has 1 aliphatic rings. The van der Waals surface area contributed by atoms with Gasteiger partial charge >= 0.3 is 0 Å². The molecule has 4 heteroatoms. The molecule has 1 unspecified atom stereocenters. The van der Waals surface area contributed by atoms with Crippen molar-refractivity contribution in [1.29, 1.82) is 0 Å². The number of benzene rings is 1. The number of hydrogen-bond donors (Lipinski definition) is 0. The van der Waals surface area contributed by atoms with Gasteiger partial charge in [0.2, 0.25) is 0 Å². The fourth-order valence-corrected chi connectivity index (χ4v) is 2.94. The maximum Gasteiger partial charge on any atom is 0.137 e. The number of aromatic nitrogens is 3. The predicted molar refractivity (Wildman–Crippen MR) is 84.7 cm³/mol. The van der Waals surface area contributed by atoms with Crippen molar-refractivity contribution in [3.8, 4) is 0 Å². The molecule has 21 heavy (non-hydrogen) atoms. The fourth-order valence-electron chi connectivity index (χ4n) is 2.94. The number of likely N-dealkylation sites (tertiary alicyclic amines) is 1. The Morgan fingerprint density at radius 2 is 2.10 bits per heavy atom. The maximum absolute atomic E-state index is 4.23. The van der Waals surface area contributed by atoms with E-state index in [1.807, 2.05) is 11.0 Å². The Morgan fingerprint density at radius 3 is 2.90 bits per heavy atom. The smallest absolute Gasteiger partial charge is 0.137 e. The second-order valence-electron chi connectivity index (χ2n) is 5.58. The molecule has 4 nitrogen and oxygen atoms in total. The summed E-state index contributed by atoms with van der Waals surface area (Å²) < 4.78 is 1.95. The van der Waals surface area contributed by atoms with Crippen LogP contribution in [0.25, 0.3) is 6.08 Å². The van der Waals surface area contributed by atoms with Crippen LogP contribution in [-0.4, -0.2) is 38.8 Å². The SMILES string of the molecule is C(=Cc1ccccc1)CN1CCCCC1Cn1cncn1. The average molecular weight is 282 g/mol. The normalized spacial score (nSPS) is 20.1. The van der Waals surface area contributed by atoms with Gasteiger partial charge in [-0.2, -0.15) is 5.10 Å². The highest BCUT2D eigenvalue weighted by atomic mass is 15.3. The summed E-state index contributed by atoms with van der Waals surface area (Å²) in [6.07, 6.45) is 11.8. The molecule has 0 radical (unpaired) electrons. The van der Waals surface area contributed by atoms with E-state index in [2.05, 4.69) is 57.5 Å². The first-order chi connectivity index (χ1) is 10.4. The van der Waals surface area contributed by atoms with Crippen molar-refractivity contribution in [1.82, 2.24) is 19.7 Å². The van der Waals surface area contributed by atoms with E-state index in [1.165, 1.54) is 31.4 Å². The van der Waals surface area contributed by atoms with E-state index in [4.69, 9.17) is 0 Å². The van der Waals surface area contributed by atoms with Gasteiger partial charge in [0, 0.05) is 12.6 Å². The quantitative estimate of drug-likeness (QED) is 0.845. The third-order valence-corrected chi connectivity index (χ3v) is 4.06. The molecule has 1 fully saturated rings. The number of nitrogens with zero attached hydrogens (tertiary/aromatic N) is 4. The molecular weight excluding hydrogens is 260 g/mol. The molecule has 1 aromatic heterocycles. The molecule has 0 spiro atoms. The van der Waals surface area contributed by atoms with Crippen LogP contribution in [0.5, 0.6) is 0 Å². The van der Waals surface area contributed by atoms with Gasteiger partial charge in [0.05, 0.1) is 6.54 Å². The van der Waals surface area contributed by atoms with E-state index < -0.39 is 0 Å². The van der Waals surface area contributed by atoms with Crippen molar-refractivity contribution >= 4 is 6.08 Å². The summed E-state index contributed by atoms with van der Waals surface area (Å²) in [6.45, 7) is 3.13. The molecule has 0 bridgehead atoms. The van der Waals surface area contributed by atoms with Crippen molar-refractivity contribution in [2.45, 2.75) is 31.8 Å². The first kappa shape index (κ1) is 14.0. The molecule has 110 valence electrons. The van der Waals surface area contributed by atoms with Gasteiger partial charge in [-0.1, -0.05) is 48.9 Å². The van der Waals surface area contributed by atoms with Gasteiger partial charge in [-0.25, -0.2) is 4.98 Å². The van der Waals surface area contributed by atoms with Crippen LogP contribution < -0.4 is 0 Å². The average Bonchev–Trinajstić information content (AvgIpc) is 3.03. The van der Waals surface area contributed by atoms with Crippen molar-refractivity contribution in [2.24, 2.45) is 0 Å². The Morgan fingerprint density at radius 1 is 1.19 bits per heavy atom. The van der Waals surface area contributed by atoms with Gasteiger partial charge in [0.25, 0.3) is 0 Å². The summed E-state index contributed by atoms with van der Waals surface area (Å²) in [5, 5.41) is 4.23. The van der Waals surface area contributed by atoms with Crippen LogP contribution in [0.3, 0.4) is 0 Å². The van der Waals surface area contributed by atoms with E-state index in [-0.39, 0.29) is 0 Å². The van der Waals surface area contributed by atoms with E-state index in [0.29, 0.717) is 6.04 Å². The molecular formula is C17H22N4. The monoisotopic (exact) mass is 282 g/mol. The zero-order valence-electron chi connectivity index (χ0n) is 12.3. The maximum atomic E-state index is 4.23. The second-order valence-corrected chi connectivity index (χ2v) is 5.58. The van der Waals surface area contributed by atoms with E-state index >= 15 is 0 Å². The minimum atomic E-state index is 0.570. The van der Waals surface area contributed by atoms with Gasteiger partial charge in [-0.3, -0.25) is 9.58 Å². The first-order valence-electron chi connectivity index (χ1n) is 7.70. The third kappa shape index (κ3) is 4.02. The highest BCUT2D eigenvalue weighted by molar-refractivity contribution is 5.48. The summed E-state index contributed by atoms with van der Waals surface area (Å²) in [7, 11) is 0. The van der Waals surface area contributed by atoms with Gasteiger partial charge in [-0.05, 0) is 24.9 Å². The number of piperidine rings is 1. The minimum absolute atomic E-state index is 0.570. The summed E-state index contributed by atoms with van der Waals surface area (Å²) in [5.74, 6) is 0. The lowest BCUT2D eigenvalue weighted by Crippen LogP contribution is -2.42. The topological polar surface area (TPSA) is 34.0 Å². The Balaban J connectivity index is 1.58. The van der Waals surface area contributed by atoms with Crippen molar-refractivity contribution in [3.63, 3.8) is 0 Å². The van der Waals surface area contributed by atoms with Crippen LogP contribution in [0.1, 0.15) is 24.8 Å². The van der Waals surface area contributed by atoms with Gasteiger partial charge in [0.1, 0.15) is 12.7 Å². The zero-order chi connectivity index (χ0) is 14.3. The molecule has 1 aliphatic heterocycles. The third-order valence-electron chi connectivity index (χ3n) is 4.06. The molecule has 0 aliphatic carbocycles. The lowest BCUT2D eigenvalue weighted by atomic mass is 10.0. The minimum Gasteiger partial charge on any atom is -0.295 e. The molecule has 3 rings (SSSR count). The Bertz CT molecular complexity index is 547. The largest absolute Gasteiger partial charge is 0.295 e. The second kappa shape index (κ2) is 7.18. The number of rotatable bonds is 5. The van der Waals surface area contributed by atoms with Crippen LogP contribution in [-0.2, 0) is 6.54 Å². The van der Waals surface area contributed by atoms with Crippen LogP contribution in [0, 0.1) is 0 Å². The molecule has 0 N–H and O–H groups in total. The standard InChI is InChI=1S/C17H22N4/c1-2-7-16(8-3-1)9-6-12-20-11-5-4-10-17(20)13-21-15-18-14-19-21/h1-3,6-9,14-15,17H,4-5,10-13H2. The first-order valence-corrected chi connectivity index (χ1v) is 7.70. The summed E-state index contributed by atoms with van der Waals surface area (Å²) in [4.78, 5) is 6.59. The highest BCUT2D eigenvalue weighted by Crippen LogP contribution is 2.18. The Kier molecular flexibility index (Phi) is 4.79. The van der Waals surface area contributed by atoms with Gasteiger partial charge in [0.15, 0.2) is 0 Å². The van der Waals surface area contributed by atoms with Crippen molar-refractivity contribution < 1.29 is 0 Å². The molecule has 0 amide bonds.